The molecule has 0 aromatic heterocycles. The Morgan fingerprint density at radius 1 is 0.850 bits per heavy atom. The molecule has 0 unspecified atom stereocenters. The van der Waals surface area contributed by atoms with Crippen molar-refractivity contribution in [2.24, 2.45) is 4.99 Å². The van der Waals surface area contributed by atoms with Crippen LogP contribution in [-0.4, -0.2) is 56.2 Å². The summed E-state index contributed by atoms with van der Waals surface area (Å²) < 4.78 is 71.0. The zero-order valence-corrected chi connectivity index (χ0v) is 22.5. The van der Waals surface area contributed by atoms with Gasteiger partial charge in [-0.3, -0.25) is 9.79 Å². The van der Waals surface area contributed by atoms with Crippen LogP contribution in [0.1, 0.15) is 32.3 Å². The lowest BCUT2D eigenvalue weighted by molar-refractivity contribution is -0.274. The minimum absolute atomic E-state index is 0.0556. The summed E-state index contributed by atoms with van der Waals surface area (Å²) in [5, 5.41) is 0. The van der Waals surface area contributed by atoms with Crippen molar-refractivity contribution >= 4 is 12.1 Å². The van der Waals surface area contributed by atoms with Crippen LogP contribution in [0.3, 0.4) is 0 Å². The van der Waals surface area contributed by atoms with Crippen LogP contribution in [0.15, 0.2) is 77.8 Å². The van der Waals surface area contributed by atoms with Gasteiger partial charge in [-0.15, -0.1) is 13.2 Å². The van der Waals surface area contributed by atoms with Crippen molar-refractivity contribution in [1.29, 1.82) is 0 Å². The first-order valence-corrected chi connectivity index (χ1v) is 12.9. The number of amides is 1. The van der Waals surface area contributed by atoms with E-state index < -0.39 is 18.0 Å². The SMILES string of the molecule is CC.FC(F)(F)Oc1ccc(-c2ccccc2)cc1.Fc1cccc(F)c1C1=NCCC1.O=CN1CCOCC1. The van der Waals surface area contributed by atoms with Crippen LogP contribution in [0.25, 0.3) is 11.1 Å². The molecule has 1 amide bonds. The average molecular weight is 565 g/mol. The van der Waals surface area contributed by atoms with E-state index in [4.69, 9.17) is 4.74 Å². The molecule has 0 atom stereocenters. The number of halogens is 5. The Labute approximate surface area is 231 Å². The summed E-state index contributed by atoms with van der Waals surface area (Å²) in [7, 11) is 0. The second kappa shape index (κ2) is 17.0. The van der Waals surface area contributed by atoms with Gasteiger partial charge in [0.15, 0.2) is 0 Å². The zero-order valence-electron chi connectivity index (χ0n) is 22.5. The lowest BCUT2D eigenvalue weighted by atomic mass is 10.1. The molecule has 3 aromatic carbocycles. The minimum atomic E-state index is -4.64. The molecule has 216 valence electrons. The monoisotopic (exact) mass is 564 g/mol. The third-order valence-corrected chi connectivity index (χ3v) is 5.52. The molecular weight excluding hydrogens is 531 g/mol. The summed E-state index contributed by atoms with van der Waals surface area (Å²) in [4.78, 5) is 15.8. The molecule has 1 fully saturated rings. The van der Waals surface area contributed by atoms with Gasteiger partial charge in [0.25, 0.3) is 0 Å². The molecule has 5 nitrogen and oxygen atoms in total. The van der Waals surface area contributed by atoms with Gasteiger partial charge >= 0.3 is 6.36 Å². The van der Waals surface area contributed by atoms with E-state index in [0.29, 0.717) is 31.9 Å². The van der Waals surface area contributed by atoms with E-state index in [1.165, 1.54) is 30.3 Å². The molecule has 0 N–H and O–H groups in total. The van der Waals surface area contributed by atoms with E-state index in [0.717, 1.165) is 37.0 Å². The summed E-state index contributed by atoms with van der Waals surface area (Å²) in [6.07, 6.45) is -2.21. The molecule has 2 aliphatic heterocycles. The van der Waals surface area contributed by atoms with E-state index in [-0.39, 0.29) is 11.3 Å². The molecule has 0 spiro atoms. The number of ether oxygens (including phenoxy) is 2. The van der Waals surface area contributed by atoms with Gasteiger partial charge in [0, 0.05) is 25.3 Å². The molecule has 0 bridgehead atoms. The predicted octanol–water partition coefficient (Wildman–Crippen LogP) is 7.30. The van der Waals surface area contributed by atoms with Crippen molar-refractivity contribution < 1.29 is 36.2 Å². The van der Waals surface area contributed by atoms with Gasteiger partial charge in [-0.05, 0) is 48.2 Å². The second-order valence-corrected chi connectivity index (χ2v) is 8.22. The Balaban J connectivity index is 0.000000216. The topological polar surface area (TPSA) is 51.1 Å². The van der Waals surface area contributed by atoms with Crippen LogP contribution in [0, 0.1) is 11.6 Å². The molecule has 3 aromatic rings. The van der Waals surface area contributed by atoms with Crippen LogP contribution in [0.5, 0.6) is 5.75 Å². The van der Waals surface area contributed by atoms with Crippen molar-refractivity contribution in [3.05, 3.63) is 90.0 Å². The minimum Gasteiger partial charge on any atom is -0.406 e. The highest BCUT2D eigenvalue weighted by molar-refractivity contribution is 6.01. The molecule has 2 heterocycles. The van der Waals surface area contributed by atoms with Crippen LogP contribution >= 0.6 is 0 Å². The van der Waals surface area contributed by atoms with Gasteiger partial charge in [-0.25, -0.2) is 8.78 Å². The Morgan fingerprint density at radius 3 is 1.90 bits per heavy atom. The van der Waals surface area contributed by atoms with E-state index in [1.54, 1.807) is 17.0 Å². The Bertz CT molecular complexity index is 1160. The average Bonchev–Trinajstić information content (AvgIpc) is 3.50. The van der Waals surface area contributed by atoms with Crippen molar-refractivity contribution in [2.75, 3.05) is 32.8 Å². The molecule has 0 saturated carbocycles. The van der Waals surface area contributed by atoms with Crippen LogP contribution in [0.4, 0.5) is 22.0 Å². The van der Waals surface area contributed by atoms with E-state index >= 15 is 0 Å². The number of rotatable bonds is 4. The Kier molecular flexibility index (Phi) is 13.8. The molecule has 2 aliphatic rings. The molecule has 1 saturated heterocycles. The van der Waals surface area contributed by atoms with Gasteiger partial charge < -0.3 is 14.4 Å². The van der Waals surface area contributed by atoms with Crippen LogP contribution < -0.4 is 4.74 Å². The summed E-state index contributed by atoms with van der Waals surface area (Å²) >= 11 is 0. The van der Waals surface area contributed by atoms with Crippen molar-refractivity contribution in [2.45, 2.75) is 33.1 Å². The smallest absolute Gasteiger partial charge is 0.406 e. The highest BCUT2D eigenvalue weighted by Crippen LogP contribution is 2.26. The van der Waals surface area contributed by atoms with E-state index in [1.807, 2.05) is 44.2 Å². The highest BCUT2D eigenvalue weighted by atomic mass is 19.4. The number of aliphatic imine (C=N–C) groups is 1. The summed E-state index contributed by atoms with van der Waals surface area (Å²) in [5.74, 6) is -1.24. The highest BCUT2D eigenvalue weighted by Gasteiger charge is 2.30. The van der Waals surface area contributed by atoms with Gasteiger partial charge in [0.05, 0.1) is 18.8 Å². The maximum Gasteiger partial charge on any atom is 0.573 e. The summed E-state index contributed by atoms with van der Waals surface area (Å²) in [5.41, 5.74) is 2.42. The lowest BCUT2D eigenvalue weighted by Crippen LogP contribution is -2.34. The summed E-state index contributed by atoms with van der Waals surface area (Å²) in [6.45, 7) is 7.58. The number of nitrogens with zero attached hydrogens (tertiary/aromatic N) is 2. The normalized spacial score (nSPS) is 14.3. The number of carbonyl (C=O) groups is 1. The van der Waals surface area contributed by atoms with Crippen molar-refractivity contribution in [3.63, 3.8) is 0 Å². The molecule has 0 radical (unpaired) electrons. The number of alkyl halides is 3. The molecule has 5 rings (SSSR count). The molecule has 0 aliphatic carbocycles. The van der Waals surface area contributed by atoms with E-state index in [2.05, 4.69) is 9.73 Å². The van der Waals surface area contributed by atoms with E-state index in [9.17, 15) is 26.7 Å². The molecule has 40 heavy (non-hydrogen) atoms. The van der Waals surface area contributed by atoms with Gasteiger partial charge in [-0.1, -0.05) is 62.4 Å². The van der Waals surface area contributed by atoms with Gasteiger partial charge in [-0.2, -0.15) is 0 Å². The standard InChI is InChI=1S/C13H9F3O.C10H9F2N.C5H9NO2.C2H6/c14-13(15,16)17-12-8-6-11(7-9-12)10-4-2-1-3-5-10;11-7-3-1-4-8(12)10(7)9-5-2-6-13-9;7-5-6-1-3-8-4-2-6;1-2/h1-9H;1,3-4H,2,5-6H2;5H,1-4H2;1-2H3. The fraction of sp³-hybridized carbons (Fsp3) is 0.333. The number of benzene rings is 3. The number of morpholine rings is 1. The fourth-order valence-corrected chi connectivity index (χ4v) is 3.68. The summed E-state index contributed by atoms with van der Waals surface area (Å²) in [6, 6.07) is 19.1. The van der Waals surface area contributed by atoms with Crippen molar-refractivity contribution in [3.8, 4) is 16.9 Å². The van der Waals surface area contributed by atoms with Gasteiger partial charge in [0.2, 0.25) is 6.41 Å². The lowest BCUT2D eigenvalue weighted by Gasteiger charge is -2.21. The number of hydrogen-bond donors (Lipinski definition) is 0. The third kappa shape index (κ3) is 11.1. The van der Waals surface area contributed by atoms with Crippen LogP contribution in [0.2, 0.25) is 0 Å². The number of carbonyl (C=O) groups excluding carboxylic acids is 1. The largest absolute Gasteiger partial charge is 0.573 e. The Hall–Kier alpha value is -3.79. The second-order valence-electron chi connectivity index (χ2n) is 8.22. The van der Waals surface area contributed by atoms with Crippen LogP contribution in [-0.2, 0) is 9.53 Å². The first-order valence-electron chi connectivity index (χ1n) is 12.9. The van der Waals surface area contributed by atoms with Gasteiger partial charge in [0.1, 0.15) is 17.4 Å². The molecule has 10 heteroatoms. The Morgan fingerprint density at radius 2 is 1.43 bits per heavy atom. The number of hydrogen-bond acceptors (Lipinski definition) is 4. The maximum absolute atomic E-state index is 13.2. The quantitative estimate of drug-likeness (QED) is 0.247. The fourth-order valence-electron chi connectivity index (χ4n) is 3.68. The first kappa shape index (κ1) is 32.4. The third-order valence-electron chi connectivity index (χ3n) is 5.52. The molecular formula is C30H33F5N2O3. The zero-order chi connectivity index (χ0) is 29.4. The predicted molar refractivity (Wildman–Crippen MR) is 145 cm³/mol. The first-order chi connectivity index (χ1) is 19.3. The van der Waals surface area contributed by atoms with Crippen molar-refractivity contribution in [1.82, 2.24) is 4.90 Å². The maximum atomic E-state index is 13.2.